The van der Waals surface area contributed by atoms with Crippen molar-refractivity contribution in [1.29, 1.82) is 0 Å². The molecule has 2 heteroatoms. The van der Waals surface area contributed by atoms with E-state index in [1.165, 1.54) is 9.13 Å². The lowest BCUT2D eigenvalue weighted by molar-refractivity contribution is 0.164. The predicted molar refractivity (Wildman–Crippen MR) is 68.3 cm³/mol. The van der Waals surface area contributed by atoms with Crippen molar-refractivity contribution in [1.82, 2.24) is 0 Å². The Bertz CT molecular complexity index is 266. The van der Waals surface area contributed by atoms with Crippen LogP contribution in [0.4, 0.5) is 0 Å². The highest BCUT2D eigenvalue weighted by molar-refractivity contribution is 14.1. The van der Waals surface area contributed by atoms with Crippen LogP contribution in [0.15, 0.2) is 24.3 Å². The standard InChI is InChI=1S/C12H17IO/c1-9(7-10(2)14)8-11-3-5-12(13)6-4-11/h3-6,9-10,14H,7-8H2,1-2H3. The van der Waals surface area contributed by atoms with Gasteiger partial charge in [-0.3, -0.25) is 0 Å². The molecule has 0 saturated carbocycles. The van der Waals surface area contributed by atoms with Crippen LogP contribution in [0.25, 0.3) is 0 Å². The summed E-state index contributed by atoms with van der Waals surface area (Å²) in [5, 5.41) is 9.24. The van der Waals surface area contributed by atoms with Crippen molar-refractivity contribution in [3.8, 4) is 0 Å². The lowest BCUT2D eigenvalue weighted by atomic mass is 9.96. The molecule has 0 saturated heterocycles. The minimum Gasteiger partial charge on any atom is -0.393 e. The molecular weight excluding hydrogens is 287 g/mol. The van der Waals surface area contributed by atoms with Crippen LogP contribution in [0.5, 0.6) is 0 Å². The summed E-state index contributed by atoms with van der Waals surface area (Å²) >= 11 is 2.31. The molecule has 0 aromatic heterocycles. The van der Waals surface area contributed by atoms with Gasteiger partial charge in [0.2, 0.25) is 0 Å². The first-order valence-electron chi connectivity index (χ1n) is 5.00. The van der Waals surface area contributed by atoms with E-state index in [2.05, 4.69) is 53.8 Å². The highest BCUT2D eigenvalue weighted by atomic mass is 127. The van der Waals surface area contributed by atoms with E-state index >= 15 is 0 Å². The molecule has 1 nitrogen and oxygen atoms in total. The van der Waals surface area contributed by atoms with Crippen molar-refractivity contribution < 1.29 is 5.11 Å². The van der Waals surface area contributed by atoms with Gasteiger partial charge in [-0.15, -0.1) is 0 Å². The third-order valence-electron chi connectivity index (χ3n) is 2.24. The first kappa shape index (κ1) is 12.0. The Kier molecular flexibility index (Phi) is 4.89. The van der Waals surface area contributed by atoms with Gasteiger partial charge < -0.3 is 5.11 Å². The predicted octanol–water partition coefficient (Wildman–Crippen LogP) is 3.24. The Morgan fingerprint density at radius 2 is 1.79 bits per heavy atom. The molecule has 0 bridgehead atoms. The molecule has 0 fully saturated rings. The number of hydrogen-bond donors (Lipinski definition) is 1. The average molecular weight is 304 g/mol. The molecule has 2 unspecified atom stereocenters. The third kappa shape index (κ3) is 4.42. The van der Waals surface area contributed by atoms with E-state index in [0.29, 0.717) is 5.92 Å². The van der Waals surface area contributed by atoms with E-state index < -0.39 is 0 Å². The van der Waals surface area contributed by atoms with Gasteiger partial charge in [0.15, 0.2) is 0 Å². The van der Waals surface area contributed by atoms with E-state index in [1.54, 1.807) is 0 Å². The van der Waals surface area contributed by atoms with Crippen LogP contribution in [-0.4, -0.2) is 11.2 Å². The smallest absolute Gasteiger partial charge is 0.0514 e. The molecule has 78 valence electrons. The van der Waals surface area contributed by atoms with Gasteiger partial charge in [0.05, 0.1) is 6.10 Å². The Labute approximate surface area is 99.7 Å². The van der Waals surface area contributed by atoms with Crippen LogP contribution in [0, 0.1) is 9.49 Å². The quantitative estimate of drug-likeness (QED) is 0.847. The monoisotopic (exact) mass is 304 g/mol. The molecule has 1 aromatic rings. The van der Waals surface area contributed by atoms with Gasteiger partial charge in [0.1, 0.15) is 0 Å². The molecule has 0 aliphatic carbocycles. The second kappa shape index (κ2) is 5.71. The topological polar surface area (TPSA) is 20.2 Å². The number of aliphatic hydroxyl groups is 1. The second-order valence-electron chi connectivity index (χ2n) is 4.02. The number of halogens is 1. The van der Waals surface area contributed by atoms with Gasteiger partial charge in [-0.05, 0) is 66.0 Å². The summed E-state index contributed by atoms with van der Waals surface area (Å²) in [6.07, 6.45) is 1.75. The molecular formula is C12H17IO. The molecule has 0 amide bonds. The molecule has 1 N–H and O–H groups in total. The molecule has 14 heavy (non-hydrogen) atoms. The zero-order chi connectivity index (χ0) is 10.6. The molecule has 1 rings (SSSR count). The summed E-state index contributed by atoms with van der Waals surface area (Å²) in [6.45, 7) is 4.04. The van der Waals surface area contributed by atoms with Crippen molar-refractivity contribution in [3.63, 3.8) is 0 Å². The maximum absolute atomic E-state index is 9.24. The first-order chi connectivity index (χ1) is 6.58. The summed E-state index contributed by atoms with van der Waals surface area (Å²) in [5.74, 6) is 0.551. The molecule has 1 aromatic carbocycles. The summed E-state index contributed by atoms with van der Waals surface area (Å²) in [7, 11) is 0. The SMILES string of the molecule is CC(O)CC(C)Cc1ccc(I)cc1. The molecule has 0 heterocycles. The molecule has 0 aliphatic heterocycles. The zero-order valence-electron chi connectivity index (χ0n) is 8.70. The van der Waals surface area contributed by atoms with Crippen LogP contribution < -0.4 is 0 Å². The average Bonchev–Trinajstić information content (AvgIpc) is 2.07. The van der Waals surface area contributed by atoms with Crippen molar-refractivity contribution in [2.45, 2.75) is 32.8 Å². The van der Waals surface area contributed by atoms with Crippen molar-refractivity contribution >= 4 is 22.6 Å². The van der Waals surface area contributed by atoms with Gasteiger partial charge in [-0.1, -0.05) is 19.1 Å². The summed E-state index contributed by atoms with van der Waals surface area (Å²) in [4.78, 5) is 0. The fourth-order valence-electron chi connectivity index (χ4n) is 1.69. The summed E-state index contributed by atoms with van der Waals surface area (Å²) in [6, 6.07) is 8.59. The molecule has 0 aliphatic rings. The number of rotatable bonds is 4. The van der Waals surface area contributed by atoms with E-state index in [4.69, 9.17) is 0 Å². The van der Waals surface area contributed by atoms with E-state index in [1.807, 2.05) is 6.92 Å². The van der Waals surface area contributed by atoms with Crippen molar-refractivity contribution in [2.24, 2.45) is 5.92 Å². The van der Waals surface area contributed by atoms with Gasteiger partial charge in [0, 0.05) is 3.57 Å². The van der Waals surface area contributed by atoms with Crippen LogP contribution in [0.2, 0.25) is 0 Å². The zero-order valence-corrected chi connectivity index (χ0v) is 10.9. The normalized spacial score (nSPS) is 15.1. The van der Waals surface area contributed by atoms with Crippen LogP contribution in [-0.2, 0) is 6.42 Å². The molecule has 2 atom stereocenters. The first-order valence-corrected chi connectivity index (χ1v) is 6.08. The minimum atomic E-state index is -0.186. The van der Waals surface area contributed by atoms with Gasteiger partial charge in [-0.25, -0.2) is 0 Å². The van der Waals surface area contributed by atoms with E-state index in [9.17, 15) is 5.11 Å². The second-order valence-corrected chi connectivity index (χ2v) is 5.27. The molecule has 0 radical (unpaired) electrons. The highest BCUT2D eigenvalue weighted by Crippen LogP contribution is 2.15. The van der Waals surface area contributed by atoms with Gasteiger partial charge in [-0.2, -0.15) is 0 Å². The van der Waals surface area contributed by atoms with Crippen molar-refractivity contribution in [2.75, 3.05) is 0 Å². The Balaban J connectivity index is 2.47. The fourth-order valence-corrected chi connectivity index (χ4v) is 2.05. The highest BCUT2D eigenvalue weighted by Gasteiger charge is 2.06. The summed E-state index contributed by atoms with van der Waals surface area (Å²) < 4.78 is 1.27. The fraction of sp³-hybridized carbons (Fsp3) is 0.500. The maximum atomic E-state index is 9.24. The van der Waals surface area contributed by atoms with Crippen LogP contribution in [0.3, 0.4) is 0 Å². The number of benzene rings is 1. The van der Waals surface area contributed by atoms with Crippen molar-refractivity contribution in [3.05, 3.63) is 33.4 Å². The van der Waals surface area contributed by atoms with Crippen LogP contribution in [0.1, 0.15) is 25.8 Å². The Hall–Kier alpha value is -0.0900. The number of hydrogen-bond acceptors (Lipinski definition) is 1. The number of aliphatic hydroxyl groups excluding tert-OH is 1. The lowest BCUT2D eigenvalue weighted by Crippen LogP contribution is -2.09. The van der Waals surface area contributed by atoms with Gasteiger partial charge in [0.25, 0.3) is 0 Å². The van der Waals surface area contributed by atoms with Gasteiger partial charge >= 0.3 is 0 Å². The Morgan fingerprint density at radius 1 is 1.21 bits per heavy atom. The van der Waals surface area contributed by atoms with Crippen LogP contribution >= 0.6 is 22.6 Å². The third-order valence-corrected chi connectivity index (χ3v) is 2.96. The van der Waals surface area contributed by atoms with E-state index in [-0.39, 0.29) is 6.10 Å². The summed E-state index contributed by atoms with van der Waals surface area (Å²) in [5.41, 5.74) is 1.36. The lowest BCUT2D eigenvalue weighted by Gasteiger charge is -2.13. The largest absolute Gasteiger partial charge is 0.393 e. The molecule has 0 spiro atoms. The van der Waals surface area contributed by atoms with E-state index in [0.717, 1.165) is 12.8 Å². The maximum Gasteiger partial charge on any atom is 0.0514 e. The minimum absolute atomic E-state index is 0.186. The Morgan fingerprint density at radius 3 is 2.29 bits per heavy atom.